The van der Waals surface area contributed by atoms with Crippen LogP contribution in [0.15, 0.2) is 36.4 Å². The Morgan fingerprint density at radius 1 is 1.16 bits per heavy atom. The van der Waals surface area contributed by atoms with Crippen molar-refractivity contribution >= 4 is 11.6 Å². The number of nitrogens with zero attached hydrogens (tertiary/aromatic N) is 1. The lowest BCUT2D eigenvalue weighted by Crippen LogP contribution is -2.24. The molecule has 1 aliphatic rings. The molecule has 0 aliphatic carbocycles. The molecule has 2 aromatic carbocycles. The van der Waals surface area contributed by atoms with Crippen molar-refractivity contribution in [2.45, 2.75) is 6.54 Å². The fraction of sp³-hybridized carbons (Fsp3) is 0.316. The number of nitrogens with one attached hydrogen (secondary N) is 1. The predicted octanol–water partition coefficient (Wildman–Crippen LogP) is 2.46. The lowest BCUT2D eigenvalue weighted by Gasteiger charge is -2.21. The fourth-order valence-electron chi connectivity index (χ4n) is 2.64. The minimum atomic E-state index is -0.138. The maximum absolute atomic E-state index is 12.5. The number of amides is 1. The van der Waals surface area contributed by atoms with Gasteiger partial charge < -0.3 is 24.4 Å². The van der Waals surface area contributed by atoms with Crippen molar-refractivity contribution in [1.82, 2.24) is 5.32 Å². The van der Waals surface area contributed by atoms with Gasteiger partial charge in [-0.1, -0.05) is 6.07 Å². The molecule has 0 atom stereocenters. The van der Waals surface area contributed by atoms with Crippen molar-refractivity contribution in [3.8, 4) is 17.2 Å². The topological polar surface area (TPSA) is 60.0 Å². The van der Waals surface area contributed by atoms with Crippen LogP contribution in [-0.4, -0.2) is 40.3 Å². The van der Waals surface area contributed by atoms with Gasteiger partial charge >= 0.3 is 0 Å². The molecule has 25 heavy (non-hydrogen) atoms. The second kappa shape index (κ2) is 7.34. The summed E-state index contributed by atoms with van der Waals surface area (Å²) in [6, 6.07) is 11.1. The van der Waals surface area contributed by atoms with Crippen molar-refractivity contribution in [2.24, 2.45) is 0 Å². The van der Waals surface area contributed by atoms with E-state index in [4.69, 9.17) is 14.2 Å². The lowest BCUT2D eigenvalue weighted by atomic mass is 10.1. The van der Waals surface area contributed by atoms with E-state index in [1.165, 1.54) is 0 Å². The molecule has 2 aromatic rings. The number of carbonyl (C=O) groups excluding carboxylic acids is 1. The van der Waals surface area contributed by atoms with E-state index in [1.807, 2.05) is 43.3 Å². The van der Waals surface area contributed by atoms with Gasteiger partial charge in [-0.15, -0.1) is 0 Å². The molecule has 0 saturated carbocycles. The minimum Gasteiger partial charge on any atom is -0.496 e. The molecule has 0 aromatic heterocycles. The molecular weight excluding hydrogens is 320 g/mol. The zero-order chi connectivity index (χ0) is 17.8. The van der Waals surface area contributed by atoms with Crippen LogP contribution in [0.1, 0.15) is 15.9 Å². The van der Waals surface area contributed by atoms with Gasteiger partial charge in [0, 0.05) is 43.5 Å². The number of carbonyl (C=O) groups is 1. The second-order valence-corrected chi connectivity index (χ2v) is 5.94. The van der Waals surface area contributed by atoms with Crippen LogP contribution >= 0.6 is 0 Å². The van der Waals surface area contributed by atoms with Gasteiger partial charge in [0.15, 0.2) is 11.5 Å². The van der Waals surface area contributed by atoms with Crippen LogP contribution in [0.5, 0.6) is 17.2 Å². The van der Waals surface area contributed by atoms with Crippen molar-refractivity contribution < 1.29 is 19.0 Å². The molecule has 0 fully saturated rings. The highest BCUT2D eigenvalue weighted by Crippen LogP contribution is 2.36. The van der Waals surface area contributed by atoms with Crippen LogP contribution in [0.3, 0.4) is 0 Å². The number of methoxy groups -OCH3 is 1. The number of rotatable bonds is 5. The minimum absolute atomic E-state index is 0.138. The summed E-state index contributed by atoms with van der Waals surface area (Å²) in [5.74, 6) is 1.86. The number of ether oxygens (including phenoxy) is 3. The summed E-state index contributed by atoms with van der Waals surface area (Å²) in [7, 11) is 5.48. The average molecular weight is 342 g/mol. The van der Waals surface area contributed by atoms with Crippen LogP contribution in [0, 0.1) is 0 Å². The van der Waals surface area contributed by atoms with Gasteiger partial charge in [0.1, 0.15) is 19.0 Å². The van der Waals surface area contributed by atoms with Gasteiger partial charge in [0.2, 0.25) is 0 Å². The SMILES string of the molecule is COc1cc2c(cc1CNC(=O)c1cccc(N(C)C)c1)OCCO2. The third-order valence-corrected chi connectivity index (χ3v) is 4.01. The second-order valence-electron chi connectivity index (χ2n) is 5.94. The maximum Gasteiger partial charge on any atom is 0.251 e. The summed E-state index contributed by atoms with van der Waals surface area (Å²) >= 11 is 0. The van der Waals surface area contributed by atoms with E-state index in [0.29, 0.717) is 42.6 Å². The fourth-order valence-corrected chi connectivity index (χ4v) is 2.64. The quantitative estimate of drug-likeness (QED) is 0.904. The highest BCUT2D eigenvalue weighted by molar-refractivity contribution is 5.95. The largest absolute Gasteiger partial charge is 0.496 e. The normalized spacial score (nSPS) is 12.4. The Labute approximate surface area is 147 Å². The molecule has 6 nitrogen and oxygen atoms in total. The average Bonchev–Trinajstić information content (AvgIpc) is 2.65. The molecule has 0 spiro atoms. The third-order valence-electron chi connectivity index (χ3n) is 4.01. The summed E-state index contributed by atoms with van der Waals surface area (Å²) in [5, 5.41) is 2.93. The Balaban J connectivity index is 1.74. The van der Waals surface area contributed by atoms with Crippen LogP contribution in [0.25, 0.3) is 0 Å². The predicted molar refractivity (Wildman–Crippen MR) is 95.9 cm³/mol. The van der Waals surface area contributed by atoms with Gasteiger partial charge in [-0.25, -0.2) is 0 Å². The molecule has 0 radical (unpaired) electrons. The van der Waals surface area contributed by atoms with E-state index in [-0.39, 0.29) is 5.91 Å². The molecule has 1 N–H and O–H groups in total. The number of fused-ring (bicyclic) bond motifs is 1. The summed E-state index contributed by atoms with van der Waals surface area (Å²) < 4.78 is 16.6. The van der Waals surface area contributed by atoms with Crippen molar-refractivity contribution in [3.63, 3.8) is 0 Å². The van der Waals surface area contributed by atoms with Crippen molar-refractivity contribution in [2.75, 3.05) is 39.3 Å². The molecular formula is C19H22N2O4. The number of anilines is 1. The third kappa shape index (κ3) is 3.79. The number of hydrogen-bond acceptors (Lipinski definition) is 5. The standard InChI is InChI=1S/C19H22N2O4/c1-21(2)15-6-4-5-13(9-15)19(22)20-12-14-10-17-18(11-16(14)23-3)25-8-7-24-17/h4-6,9-11H,7-8,12H2,1-3H3,(H,20,22). The zero-order valence-electron chi connectivity index (χ0n) is 14.7. The molecule has 132 valence electrons. The van der Waals surface area contributed by atoms with Gasteiger partial charge in [0.05, 0.1) is 7.11 Å². The molecule has 1 aliphatic heterocycles. The first kappa shape index (κ1) is 17.0. The summed E-state index contributed by atoms with van der Waals surface area (Å²) in [5.41, 5.74) is 2.43. The van der Waals surface area contributed by atoms with Crippen LogP contribution in [0.4, 0.5) is 5.69 Å². The Bertz CT molecular complexity index is 774. The van der Waals surface area contributed by atoms with E-state index >= 15 is 0 Å². The Hall–Kier alpha value is -2.89. The zero-order valence-corrected chi connectivity index (χ0v) is 14.7. The van der Waals surface area contributed by atoms with Gasteiger partial charge in [0.25, 0.3) is 5.91 Å². The highest BCUT2D eigenvalue weighted by Gasteiger charge is 2.17. The van der Waals surface area contributed by atoms with Gasteiger partial charge in [-0.3, -0.25) is 4.79 Å². The summed E-state index contributed by atoms with van der Waals surface area (Å²) in [4.78, 5) is 14.4. The van der Waals surface area contributed by atoms with Crippen LogP contribution < -0.4 is 24.4 Å². The monoisotopic (exact) mass is 342 g/mol. The van der Waals surface area contributed by atoms with Gasteiger partial charge in [-0.05, 0) is 24.3 Å². The molecule has 1 amide bonds. The molecule has 1 heterocycles. The van der Waals surface area contributed by atoms with Crippen molar-refractivity contribution in [3.05, 3.63) is 47.5 Å². The summed E-state index contributed by atoms with van der Waals surface area (Å²) in [6.07, 6.45) is 0. The lowest BCUT2D eigenvalue weighted by molar-refractivity contribution is 0.0950. The first-order chi connectivity index (χ1) is 12.1. The van der Waals surface area contributed by atoms with Crippen LogP contribution in [0.2, 0.25) is 0 Å². The Morgan fingerprint density at radius 2 is 1.88 bits per heavy atom. The first-order valence-electron chi connectivity index (χ1n) is 8.10. The number of benzene rings is 2. The molecule has 0 saturated heterocycles. The Kier molecular flexibility index (Phi) is 4.97. The molecule has 0 bridgehead atoms. The first-order valence-corrected chi connectivity index (χ1v) is 8.10. The van der Waals surface area contributed by atoms with Crippen LogP contribution in [-0.2, 0) is 6.54 Å². The maximum atomic E-state index is 12.5. The van der Waals surface area contributed by atoms with E-state index in [0.717, 1.165) is 11.3 Å². The molecule has 3 rings (SSSR count). The highest BCUT2D eigenvalue weighted by atomic mass is 16.6. The summed E-state index contributed by atoms with van der Waals surface area (Å²) in [6.45, 7) is 1.38. The Morgan fingerprint density at radius 3 is 2.56 bits per heavy atom. The number of hydrogen-bond donors (Lipinski definition) is 1. The molecule has 0 unspecified atom stereocenters. The van der Waals surface area contributed by atoms with E-state index in [9.17, 15) is 4.79 Å². The molecule has 6 heteroatoms. The van der Waals surface area contributed by atoms with Gasteiger partial charge in [-0.2, -0.15) is 0 Å². The van der Waals surface area contributed by atoms with Crippen molar-refractivity contribution in [1.29, 1.82) is 0 Å². The smallest absolute Gasteiger partial charge is 0.251 e. The van der Waals surface area contributed by atoms with E-state index < -0.39 is 0 Å². The van der Waals surface area contributed by atoms with E-state index in [1.54, 1.807) is 19.2 Å². The van der Waals surface area contributed by atoms with E-state index in [2.05, 4.69) is 5.32 Å².